The van der Waals surface area contributed by atoms with Crippen molar-refractivity contribution in [2.24, 2.45) is 0 Å². The van der Waals surface area contributed by atoms with Gasteiger partial charge in [-0.05, 0) is 17.7 Å². The Morgan fingerprint density at radius 2 is 2.08 bits per heavy atom. The molecule has 2 rings (SSSR count). The molecule has 0 bridgehead atoms. The van der Waals surface area contributed by atoms with Crippen molar-refractivity contribution < 1.29 is 4.79 Å². The molecule has 2 nitrogen and oxygen atoms in total. The summed E-state index contributed by atoms with van der Waals surface area (Å²) in [6.07, 6.45) is 0.475. The summed E-state index contributed by atoms with van der Waals surface area (Å²) in [5, 5.41) is 2.78. The maximum Gasteiger partial charge on any atom is 0.228 e. The van der Waals surface area contributed by atoms with Crippen LogP contribution >= 0.6 is 31.9 Å². The van der Waals surface area contributed by atoms with Crippen LogP contribution in [0.1, 0.15) is 5.56 Å². The van der Waals surface area contributed by atoms with Crippen molar-refractivity contribution in [3.05, 3.63) is 26.6 Å². The fourth-order valence-corrected chi connectivity index (χ4v) is 2.62. The first-order chi connectivity index (χ1) is 5.66. The number of benzene rings is 1. The third-order valence-electron chi connectivity index (χ3n) is 1.77. The topological polar surface area (TPSA) is 29.1 Å². The molecule has 1 aliphatic heterocycles. The standard InChI is InChI=1S/C8H5Br2NO/c9-4-1-6(10)5-3-8(12)11-7(5)2-4/h1-2H,3H2,(H,11,12). The van der Waals surface area contributed by atoms with Gasteiger partial charge in [-0.2, -0.15) is 0 Å². The fourth-order valence-electron chi connectivity index (χ4n) is 1.25. The van der Waals surface area contributed by atoms with Crippen molar-refractivity contribution in [2.45, 2.75) is 6.42 Å². The van der Waals surface area contributed by atoms with Gasteiger partial charge in [0.15, 0.2) is 0 Å². The Morgan fingerprint density at radius 3 is 2.83 bits per heavy atom. The molecular weight excluding hydrogens is 286 g/mol. The third-order valence-corrected chi connectivity index (χ3v) is 2.94. The van der Waals surface area contributed by atoms with Crippen molar-refractivity contribution in [3.63, 3.8) is 0 Å². The van der Waals surface area contributed by atoms with Crippen LogP contribution in [0.5, 0.6) is 0 Å². The molecule has 1 aromatic carbocycles. The summed E-state index contributed by atoms with van der Waals surface area (Å²) < 4.78 is 1.94. The molecule has 0 spiro atoms. The van der Waals surface area contributed by atoms with Crippen molar-refractivity contribution in [2.75, 3.05) is 5.32 Å². The SMILES string of the molecule is O=C1Cc2c(Br)cc(Br)cc2N1. The first kappa shape index (κ1) is 8.26. The molecule has 1 amide bonds. The molecule has 0 radical (unpaired) electrons. The zero-order chi connectivity index (χ0) is 8.72. The largest absolute Gasteiger partial charge is 0.325 e. The average Bonchev–Trinajstić information content (AvgIpc) is 2.29. The normalized spacial score (nSPS) is 14.3. The van der Waals surface area contributed by atoms with Gasteiger partial charge >= 0.3 is 0 Å². The number of anilines is 1. The minimum absolute atomic E-state index is 0.0591. The average molecular weight is 291 g/mol. The van der Waals surface area contributed by atoms with Crippen LogP contribution in [0.4, 0.5) is 5.69 Å². The van der Waals surface area contributed by atoms with E-state index in [1.807, 2.05) is 12.1 Å². The van der Waals surface area contributed by atoms with Crippen LogP contribution in [-0.4, -0.2) is 5.91 Å². The predicted molar refractivity (Wildman–Crippen MR) is 54.2 cm³/mol. The van der Waals surface area contributed by atoms with Crippen molar-refractivity contribution in [3.8, 4) is 0 Å². The lowest BCUT2D eigenvalue weighted by atomic mass is 10.2. The van der Waals surface area contributed by atoms with Gasteiger partial charge < -0.3 is 5.32 Å². The van der Waals surface area contributed by atoms with Gasteiger partial charge in [0.05, 0.1) is 6.42 Å². The first-order valence-corrected chi connectivity index (χ1v) is 5.03. The molecule has 1 aliphatic rings. The smallest absolute Gasteiger partial charge is 0.228 e. The van der Waals surface area contributed by atoms with Crippen LogP contribution in [0.2, 0.25) is 0 Å². The van der Waals surface area contributed by atoms with Crippen molar-refractivity contribution >= 4 is 43.5 Å². The predicted octanol–water partition coefficient (Wildman–Crippen LogP) is 2.71. The van der Waals surface area contributed by atoms with E-state index in [9.17, 15) is 4.79 Å². The van der Waals surface area contributed by atoms with E-state index >= 15 is 0 Å². The van der Waals surface area contributed by atoms with Gasteiger partial charge in [0, 0.05) is 14.6 Å². The second-order valence-electron chi connectivity index (χ2n) is 2.64. The van der Waals surface area contributed by atoms with E-state index < -0.39 is 0 Å². The zero-order valence-electron chi connectivity index (χ0n) is 6.03. The summed E-state index contributed by atoms with van der Waals surface area (Å²) in [5.41, 5.74) is 1.95. The number of carbonyl (C=O) groups excluding carboxylic acids is 1. The van der Waals surface area contributed by atoms with Crippen LogP contribution in [0.15, 0.2) is 21.1 Å². The highest BCUT2D eigenvalue weighted by molar-refractivity contribution is 9.11. The second kappa shape index (κ2) is 2.85. The van der Waals surface area contributed by atoms with Gasteiger partial charge in [0.1, 0.15) is 0 Å². The number of carbonyl (C=O) groups is 1. The summed E-state index contributed by atoms with van der Waals surface area (Å²) in [4.78, 5) is 11.0. The molecule has 12 heavy (non-hydrogen) atoms. The van der Waals surface area contributed by atoms with Crippen LogP contribution in [0, 0.1) is 0 Å². The Bertz CT molecular complexity index is 362. The molecule has 0 aliphatic carbocycles. The highest BCUT2D eigenvalue weighted by atomic mass is 79.9. The maximum atomic E-state index is 11.0. The van der Waals surface area contributed by atoms with Crippen molar-refractivity contribution in [1.82, 2.24) is 0 Å². The number of amides is 1. The molecule has 0 saturated carbocycles. The molecule has 4 heteroatoms. The van der Waals surface area contributed by atoms with E-state index in [4.69, 9.17) is 0 Å². The van der Waals surface area contributed by atoms with Crippen LogP contribution in [0.3, 0.4) is 0 Å². The quantitative estimate of drug-likeness (QED) is 0.782. The highest BCUT2D eigenvalue weighted by Gasteiger charge is 2.20. The summed E-state index contributed by atoms with van der Waals surface area (Å²) in [7, 11) is 0. The van der Waals surface area contributed by atoms with Gasteiger partial charge in [0.2, 0.25) is 5.91 Å². The van der Waals surface area contributed by atoms with Gasteiger partial charge in [-0.15, -0.1) is 0 Å². The van der Waals surface area contributed by atoms with E-state index in [1.165, 1.54) is 0 Å². The van der Waals surface area contributed by atoms with E-state index in [1.54, 1.807) is 0 Å². The molecule has 0 aromatic heterocycles. The van der Waals surface area contributed by atoms with Crippen LogP contribution < -0.4 is 5.32 Å². The minimum atomic E-state index is 0.0591. The second-order valence-corrected chi connectivity index (χ2v) is 4.41. The van der Waals surface area contributed by atoms with Crippen LogP contribution in [-0.2, 0) is 11.2 Å². The van der Waals surface area contributed by atoms with E-state index in [0.717, 1.165) is 20.2 Å². The van der Waals surface area contributed by atoms with Gasteiger partial charge in [0.25, 0.3) is 0 Å². The Kier molecular flexibility index (Phi) is 1.96. The number of fused-ring (bicyclic) bond motifs is 1. The van der Waals surface area contributed by atoms with Gasteiger partial charge in [-0.25, -0.2) is 0 Å². The summed E-state index contributed by atoms with van der Waals surface area (Å²) >= 11 is 6.76. The number of rotatable bonds is 0. The lowest BCUT2D eigenvalue weighted by molar-refractivity contribution is -0.115. The monoisotopic (exact) mass is 289 g/mol. The molecule has 1 N–H and O–H groups in total. The zero-order valence-corrected chi connectivity index (χ0v) is 9.20. The summed E-state index contributed by atoms with van der Waals surface area (Å²) in [6, 6.07) is 3.85. The van der Waals surface area contributed by atoms with Crippen LogP contribution in [0.25, 0.3) is 0 Å². The molecule has 62 valence electrons. The number of hydrogen-bond acceptors (Lipinski definition) is 1. The summed E-state index contributed by atoms with van der Waals surface area (Å²) in [6.45, 7) is 0. The fraction of sp³-hybridized carbons (Fsp3) is 0.125. The van der Waals surface area contributed by atoms with E-state index in [2.05, 4.69) is 37.2 Å². The molecular formula is C8H5Br2NO. The Balaban J connectivity index is 2.59. The Morgan fingerprint density at radius 1 is 1.33 bits per heavy atom. The van der Waals surface area contributed by atoms with Gasteiger partial charge in [-0.1, -0.05) is 31.9 Å². The Hall–Kier alpha value is -0.350. The van der Waals surface area contributed by atoms with Crippen molar-refractivity contribution in [1.29, 1.82) is 0 Å². The third kappa shape index (κ3) is 1.29. The van der Waals surface area contributed by atoms with E-state index in [0.29, 0.717) is 6.42 Å². The molecule has 0 unspecified atom stereocenters. The Labute approximate surface area is 86.6 Å². The molecule has 0 fully saturated rings. The lowest BCUT2D eigenvalue weighted by Crippen LogP contribution is -2.03. The highest BCUT2D eigenvalue weighted by Crippen LogP contribution is 2.33. The van der Waals surface area contributed by atoms with Gasteiger partial charge in [-0.3, -0.25) is 4.79 Å². The minimum Gasteiger partial charge on any atom is -0.325 e. The number of hydrogen-bond donors (Lipinski definition) is 1. The molecule has 1 aromatic rings. The molecule has 0 saturated heterocycles. The molecule has 1 heterocycles. The first-order valence-electron chi connectivity index (χ1n) is 3.44. The number of nitrogens with one attached hydrogen (secondary N) is 1. The lowest BCUT2D eigenvalue weighted by Gasteiger charge is -2.01. The maximum absolute atomic E-state index is 11.0. The molecule has 0 atom stereocenters. The van der Waals surface area contributed by atoms with E-state index in [-0.39, 0.29) is 5.91 Å². The number of halogens is 2. The summed E-state index contributed by atoms with van der Waals surface area (Å²) in [5.74, 6) is 0.0591.